The van der Waals surface area contributed by atoms with E-state index in [1.807, 2.05) is 0 Å². The van der Waals surface area contributed by atoms with Crippen molar-refractivity contribution in [1.82, 2.24) is 10.1 Å². The highest BCUT2D eigenvalue weighted by atomic mass is 16.5. The van der Waals surface area contributed by atoms with Crippen molar-refractivity contribution in [3.63, 3.8) is 0 Å². The van der Waals surface area contributed by atoms with Gasteiger partial charge in [-0.15, -0.1) is 0 Å². The van der Waals surface area contributed by atoms with E-state index in [1.165, 1.54) is 22.0 Å². The van der Waals surface area contributed by atoms with Crippen molar-refractivity contribution in [2.45, 2.75) is 19.3 Å². The van der Waals surface area contributed by atoms with Gasteiger partial charge in [-0.2, -0.15) is 0 Å². The van der Waals surface area contributed by atoms with Crippen molar-refractivity contribution in [2.75, 3.05) is 0 Å². The standard InChI is InChI=1S/C14H12N2O/c1-2-7-12-10(5-1)11-6-3-4-9-8-17-16-13(9)14(11)15-12/h1-2,5,7-8,15H,3-4,6H2. The minimum Gasteiger partial charge on any atom is -0.364 e. The van der Waals surface area contributed by atoms with Crippen molar-refractivity contribution in [3.05, 3.63) is 41.7 Å². The van der Waals surface area contributed by atoms with Gasteiger partial charge in [0.1, 0.15) is 12.0 Å². The predicted octanol–water partition coefficient (Wildman–Crippen LogP) is 3.31. The molecular weight excluding hydrogens is 212 g/mol. The molecule has 0 saturated carbocycles. The topological polar surface area (TPSA) is 41.8 Å². The molecule has 3 heteroatoms. The van der Waals surface area contributed by atoms with Crippen LogP contribution in [-0.2, 0) is 12.8 Å². The number of aryl methyl sites for hydroxylation is 2. The lowest BCUT2D eigenvalue weighted by atomic mass is 10.1. The summed E-state index contributed by atoms with van der Waals surface area (Å²) in [6.07, 6.45) is 5.09. The van der Waals surface area contributed by atoms with E-state index in [0.29, 0.717) is 0 Å². The molecule has 0 unspecified atom stereocenters. The van der Waals surface area contributed by atoms with Crippen molar-refractivity contribution in [1.29, 1.82) is 0 Å². The number of H-pyrrole nitrogens is 1. The minimum atomic E-state index is 0.994. The SMILES string of the molecule is c1ccc2c3c([nH]c2c1)-c1nocc1CCC3. The first kappa shape index (κ1) is 9.05. The molecule has 0 fully saturated rings. The molecule has 0 radical (unpaired) electrons. The molecule has 0 amide bonds. The molecule has 84 valence electrons. The zero-order valence-electron chi connectivity index (χ0n) is 9.36. The van der Waals surface area contributed by atoms with Gasteiger partial charge in [-0.05, 0) is 30.9 Å². The lowest BCUT2D eigenvalue weighted by molar-refractivity contribution is 0.420. The van der Waals surface area contributed by atoms with Gasteiger partial charge in [0, 0.05) is 16.5 Å². The Labute approximate surface area is 98.4 Å². The summed E-state index contributed by atoms with van der Waals surface area (Å²) in [5.41, 5.74) is 5.93. The highest BCUT2D eigenvalue weighted by Gasteiger charge is 2.21. The molecule has 3 aromatic rings. The zero-order valence-corrected chi connectivity index (χ0v) is 9.36. The number of aromatic amines is 1. The molecule has 4 rings (SSSR count). The first-order valence-electron chi connectivity index (χ1n) is 5.97. The number of hydrogen-bond donors (Lipinski definition) is 1. The molecule has 1 aliphatic rings. The van der Waals surface area contributed by atoms with E-state index in [1.54, 1.807) is 6.26 Å². The van der Waals surface area contributed by atoms with Crippen LogP contribution in [-0.4, -0.2) is 10.1 Å². The van der Waals surface area contributed by atoms with E-state index in [0.717, 1.165) is 30.7 Å². The molecule has 0 atom stereocenters. The maximum Gasteiger partial charge on any atom is 0.133 e. The summed E-state index contributed by atoms with van der Waals surface area (Å²) in [4.78, 5) is 3.48. The molecule has 2 aromatic heterocycles. The molecule has 17 heavy (non-hydrogen) atoms. The van der Waals surface area contributed by atoms with Gasteiger partial charge in [-0.3, -0.25) is 0 Å². The number of hydrogen-bond acceptors (Lipinski definition) is 2. The first-order chi connectivity index (χ1) is 8.43. The van der Waals surface area contributed by atoms with E-state index < -0.39 is 0 Å². The molecule has 0 spiro atoms. The van der Waals surface area contributed by atoms with E-state index in [2.05, 4.69) is 34.4 Å². The Hall–Kier alpha value is -2.03. The molecule has 0 bridgehead atoms. The molecule has 3 nitrogen and oxygen atoms in total. The fraction of sp³-hybridized carbons (Fsp3) is 0.214. The quantitative estimate of drug-likeness (QED) is 0.636. The highest BCUT2D eigenvalue weighted by molar-refractivity contribution is 5.90. The molecule has 1 aromatic carbocycles. The molecule has 2 heterocycles. The summed E-state index contributed by atoms with van der Waals surface area (Å²) in [6, 6.07) is 8.44. The van der Waals surface area contributed by atoms with Crippen molar-refractivity contribution in [2.24, 2.45) is 0 Å². The third kappa shape index (κ3) is 1.19. The summed E-state index contributed by atoms with van der Waals surface area (Å²) in [6.45, 7) is 0. The average molecular weight is 224 g/mol. The van der Waals surface area contributed by atoms with Gasteiger partial charge in [-0.1, -0.05) is 23.4 Å². The first-order valence-corrected chi connectivity index (χ1v) is 5.97. The monoisotopic (exact) mass is 224 g/mol. The van der Waals surface area contributed by atoms with Gasteiger partial charge in [0.15, 0.2) is 0 Å². The fourth-order valence-corrected chi connectivity index (χ4v) is 2.76. The van der Waals surface area contributed by atoms with Crippen LogP contribution in [0.4, 0.5) is 0 Å². The summed E-state index contributed by atoms with van der Waals surface area (Å²) in [5.74, 6) is 0. The van der Waals surface area contributed by atoms with Crippen LogP contribution in [0.25, 0.3) is 22.3 Å². The lowest BCUT2D eigenvalue weighted by Crippen LogP contribution is -1.84. The van der Waals surface area contributed by atoms with Crippen LogP contribution in [0.2, 0.25) is 0 Å². The Balaban J connectivity index is 2.10. The number of rotatable bonds is 0. The van der Waals surface area contributed by atoms with Crippen molar-refractivity contribution >= 4 is 10.9 Å². The van der Waals surface area contributed by atoms with Crippen molar-refractivity contribution in [3.8, 4) is 11.4 Å². The molecule has 1 aliphatic carbocycles. The van der Waals surface area contributed by atoms with Crippen LogP contribution in [0.3, 0.4) is 0 Å². The second-order valence-electron chi connectivity index (χ2n) is 4.57. The largest absolute Gasteiger partial charge is 0.364 e. The van der Waals surface area contributed by atoms with E-state index in [9.17, 15) is 0 Å². The highest BCUT2D eigenvalue weighted by Crippen LogP contribution is 2.35. The van der Waals surface area contributed by atoms with E-state index in [-0.39, 0.29) is 0 Å². The Morgan fingerprint density at radius 2 is 2.12 bits per heavy atom. The number of aromatic nitrogens is 2. The van der Waals surface area contributed by atoms with Crippen LogP contribution in [0.5, 0.6) is 0 Å². The van der Waals surface area contributed by atoms with E-state index in [4.69, 9.17) is 4.52 Å². The van der Waals surface area contributed by atoms with Crippen molar-refractivity contribution < 1.29 is 4.52 Å². The number of benzene rings is 1. The van der Waals surface area contributed by atoms with E-state index >= 15 is 0 Å². The maximum absolute atomic E-state index is 5.11. The normalized spacial score (nSPS) is 14.4. The Bertz CT molecular complexity index is 693. The van der Waals surface area contributed by atoms with Gasteiger partial charge >= 0.3 is 0 Å². The molecule has 0 saturated heterocycles. The summed E-state index contributed by atoms with van der Waals surface area (Å²) in [7, 11) is 0. The minimum absolute atomic E-state index is 0.994. The Morgan fingerprint density at radius 3 is 3.12 bits per heavy atom. The van der Waals surface area contributed by atoms with Crippen LogP contribution in [0.15, 0.2) is 35.1 Å². The fourth-order valence-electron chi connectivity index (χ4n) is 2.76. The molecule has 1 N–H and O–H groups in total. The molecular formula is C14H12N2O. The Morgan fingerprint density at radius 1 is 1.18 bits per heavy atom. The second-order valence-corrected chi connectivity index (χ2v) is 4.57. The zero-order chi connectivity index (χ0) is 11.2. The lowest BCUT2D eigenvalue weighted by Gasteiger charge is -1.97. The van der Waals surface area contributed by atoms with Crippen LogP contribution in [0, 0.1) is 0 Å². The van der Waals surface area contributed by atoms with Gasteiger partial charge in [0.2, 0.25) is 0 Å². The van der Waals surface area contributed by atoms with Gasteiger partial charge in [0.25, 0.3) is 0 Å². The van der Waals surface area contributed by atoms with Crippen LogP contribution in [0.1, 0.15) is 17.5 Å². The van der Waals surface area contributed by atoms with Crippen LogP contribution < -0.4 is 0 Å². The number of nitrogens with one attached hydrogen (secondary N) is 1. The number of fused-ring (bicyclic) bond motifs is 5. The molecule has 0 aliphatic heterocycles. The summed E-state index contributed by atoms with van der Waals surface area (Å²) >= 11 is 0. The maximum atomic E-state index is 5.11. The third-order valence-corrected chi connectivity index (χ3v) is 3.57. The summed E-state index contributed by atoms with van der Waals surface area (Å²) < 4.78 is 5.11. The average Bonchev–Trinajstić information content (AvgIpc) is 2.91. The Kier molecular flexibility index (Phi) is 1.72. The van der Waals surface area contributed by atoms with Gasteiger partial charge in [-0.25, -0.2) is 0 Å². The predicted molar refractivity (Wildman–Crippen MR) is 65.8 cm³/mol. The third-order valence-electron chi connectivity index (χ3n) is 3.57. The van der Waals surface area contributed by atoms with Crippen LogP contribution >= 0.6 is 0 Å². The number of nitrogens with zero attached hydrogens (tertiary/aromatic N) is 1. The smallest absolute Gasteiger partial charge is 0.133 e. The number of para-hydroxylation sites is 1. The van der Waals surface area contributed by atoms with Gasteiger partial charge in [0.05, 0.1) is 5.69 Å². The summed E-state index contributed by atoms with van der Waals surface area (Å²) in [5, 5.41) is 5.47. The second kappa shape index (κ2) is 3.23. The van der Waals surface area contributed by atoms with Gasteiger partial charge < -0.3 is 9.51 Å².